The van der Waals surface area contributed by atoms with Crippen LogP contribution in [0.4, 0.5) is 13.2 Å². The average molecular weight is 236 g/mol. The Morgan fingerprint density at radius 2 is 1.94 bits per heavy atom. The molecule has 0 aromatic rings. The van der Waals surface area contributed by atoms with E-state index in [1.54, 1.807) is 4.90 Å². The molecule has 1 aliphatic heterocycles. The fourth-order valence-corrected chi connectivity index (χ4v) is 1.82. The number of nitrogens with zero attached hydrogens (tertiary/aromatic N) is 1. The molecule has 0 amide bonds. The summed E-state index contributed by atoms with van der Waals surface area (Å²) >= 11 is 0. The number of rotatable bonds is 4. The molecule has 1 fully saturated rings. The van der Waals surface area contributed by atoms with Crippen molar-refractivity contribution in [2.45, 2.75) is 31.9 Å². The van der Waals surface area contributed by atoms with Crippen LogP contribution in [-0.2, 0) is 4.79 Å². The van der Waals surface area contributed by atoms with Crippen LogP contribution in [-0.4, -0.2) is 36.3 Å². The number of carbonyl (C=O) groups is 1. The van der Waals surface area contributed by atoms with E-state index in [4.69, 9.17) is 5.41 Å². The number of ketones is 1. The molecule has 3 nitrogen and oxygen atoms in total. The second kappa shape index (κ2) is 5.32. The summed E-state index contributed by atoms with van der Waals surface area (Å²) in [6.07, 6.45) is -3.34. The SMILES string of the molecule is N=CN1CCC(C(=O)CCC(F)(F)F)CC1. The first-order valence-corrected chi connectivity index (χ1v) is 5.26. The number of alkyl halides is 3. The standard InChI is InChI=1S/C10H15F3N2O/c11-10(12,13)4-1-9(16)8-2-5-15(7-14)6-3-8/h7-8,14H,1-6H2. The van der Waals surface area contributed by atoms with Crippen molar-refractivity contribution in [3.63, 3.8) is 0 Å². The van der Waals surface area contributed by atoms with E-state index in [1.807, 2.05) is 0 Å². The van der Waals surface area contributed by atoms with Gasteiger partial charge in [-0.15, -0.1) is 0 Å². The second-order valence-corrected chi connectivity index (χ2v) is 4.02. The second-order valence-electron chi connectivity index (χ2n) is 4.02. The van der Waals surface area contributed by atoms with Crippen LogP contribution in [0.2, 0.25) is 0 Å². The van der Waals surface area contributed by atoms with Gasteiger partial charge in [0.2, 0.25) is 0 Å². The van der Waals surface area contributed by atoms with Crippen LogP contribution in [0, 0.1) is 11.3 Å². The van der Waals surface area contributed by atoms with Gasteiger partial charge in [0.1, 0.15) is 5.78 Å². The molecule has 1 saturated heterocycles. The van der Waals surface area contributed by atoms with Gasteiger partial charge in [0.15, 0.2) is 0 Å². The molecule has 0 bridgehead atoms. The lowest BCUT2D eigenvalue weighted by molar-refractivity contribution is -0.145. The third-order valence-corrected chi connectivity index (χ3v) is 2.82. The van der Waals surface area contributed by atoms with E-state index in [9.17, 15) is 18.0 Å². The van der Waals surface area contributed by atoms with Crippen LogP contribution in [0.25, 0.3) is 0 Å². The van der Waals surface area contributed by atoms with E-state index in [-0.39, 0.29) is 11.7 Å². The van der Waals surface area contributed by atoms with Gasteiger partial charge in [-0.25, -0.2) is 0 Å². The maximum Gasteiger partial charge on any atom is 0.389 e. The summed E-state index contributed by atoms with van der Waals surface area (Å²) in [6, 6.07) is 0. The van der Waals surface area contributed by atoms with Gasteiger partial charge in [0.05, 0.1) is 12.8 Å². The lowest BCUT2D eigenvalue weighted by Gasteiger charge is -2.29. The molecule has 0 saturated carbocycles. The molecule has 0 radical (unpaired) electrons. The van der Waals surface area contributed by atoms with Gasteiger partial charge in [0, 0.05) is 25.4 Å². The van der Waals surface area contributed by atoms with Crippen LogP contribution in [0.1, 0.15) is 25.7 Å². The molecule has 0 aromatic heterocycles. The van der Waals surface area contributed by atoms with Gasteiger partial charge in [-0.1, -0.05) is 0 Å². The molecule has 1 N–H and O–H groups in total. The minimum absolute atomic E-state index is 0.251. The van der Waals surface area contributed by atoms with Crippen molar-refractivity contribution < 1.29 is 18.0 Å². The van der Waals surface area contributed by atoms with E-state index < -0.39 is 19.0 Å². The topological polar surface area (TPSA) is 44.2 Å². The van der Waals surface area contributed by atoms with Gasteiger partial charge in [-0.2, -0.15) is 13.2 Å². The first-order chi connectivity index (χ1) is 7.42. The van der Waals surface area contributed by atoms with Crippen molar-refractivity contribution in [1.29, 1.82) is 5.41 Å². The van der Waals surface area contributed by atoms with Crippen LogP contribution in [0.15, 0.2) is 0 Å². The predicted octanol–water partition coefficient (Wildman–Crippen LogP) is 2.22. The fourth-order valence-electron chi connectivity index (χ4n) is 1.82. The summed E-state index contributed by atoms with van der Waals surface area (Å²) in [7, 11) is 0. The van der Waals surface area contributed by atoms with Crippen molar-refractivity contribution in [2.75, 3.05) is 13.1 Å². The third kappa shape index (κ3) is 4.20. The summed E-state index contributed by atoms with van der Waals surface area (Å²) in [6.45, 7) is 1.18. The molecular weight excluding hydrogens is 221 g/mol. The fraction of sp³-hybridized carbons (Fsp3) is 0.800. The van der Waals surface area contributed by atoms with Crippen molar-refractivity contribution >= 4 is 12.1 Å². The van der Waals surface area contributed by atoms with Crippen LogP contribution in [0.5, 0.6) is 0 Å². The number of carbonyl (C=O) groups excluding carboxylic acids is 1. The summed E-state index contributed by atoms with van der Waals surface area (Å²) in [5.41, 5.74) is 0. The van der Waals surface area contributed by atoms with E-state index in [0.29, 0.717) is 25.9 Å². The minimum Gasteiger partial charge on any atom is -0.363 e. The van der Waals surface area contributed by atoms with Crippen molar-refractivity contribution in [3.05, 3.63) is 0 Å². The highest BCUT2D eigenvalue weighted by molar-refractivity contribution is 5.81. The summed E-state index contributed by atoms with van der Waals surface area (Å²) in [4.78, 5) is 13.2. The zero-order chi connectivity index (χ0) is 12.2. The van der Waals surface area contributed by atoms with E-state index in [0.717, 1.165) is 0 Å². The molecule has 0 aromatic carbocycles. The highest BCUT2D eigenvalue weighted by Crippen LogP contribution is 2.25. The lowest BCUT2D eigenvalue weighted by Crippen LogP contribution is -2.35. The molecule has 0 aliphatic carbocycles. The van der Waals surface area contributed by atoms with Gasteiger partial charge in [-0.05, 0) is 12.8 Å². The van der Waals surface area contributed by atoms with E-state index >= 15 is 0 Å². The number of Topliss-reactive ketones (excluding diaryl/α,β-unsaturated/α-hetero) is 1. The van der Waals surface area contributed by atoms with Gasteiger partial charge < -0.3 is 4.90 Å². The van der Waals surface area contributed by atoms with E-state index in [2.05, 4.69) is 0 Å². The highest BCUT2D eigenvalue weighted by Gasteiger charge is 2.30. The Balaban J connectivity index is 2.31. The largest absolute Gasteiger partial charge is 0.389 e. The average Bonchev–Trinajstić information content (AvgIpc) is 2.25. The molecule has 92 valence electrons. The van der Waals surface area contributed by atoms with E-state index in [1.165, 1.54) is 6.34 Å². The number of likely N-dealkylation sites (tertiary alicyclic amines) is 1. The summed E-state index contributed by atoms with van der Waals surface area (Å²) in [5, 5.41) is 7.00. The monoisotopic (exact) mass is 236 g/mol. The Morgan fingerprint density at radius 3 is 2.38 bits per heavy atom. The molecule has 1 aliphatic rings. The quantitative estimate of drug-likeness (QED) is 0.600. The number of nitrogens with one attached hydrogen (secondary N) is 1. The molecule has 0 spiro atoms. The van der Waals surface area contributed by atoms with Crippen LogP contribution in [0.3, 0.4) is 0 Å². The lowest BCUT2D eigenvalue weighted by atomic mass is 9.90. The first-order valence-electron chi connectivity index (χ1n) is 5.26. The van der Waals surface area contributed by atoms with Crippen molar-refractivity contribution in [3.8, 4) is 0 Å². The van der Waals surface area contributed by atoms with Crippen molar-refractivity contribution in [1.82, 2.24) is 4.90 Å². The number of hydrogen-bond acceptors (Lipinski definition) is 2. The Bertz CT molecular complexity index is 257. The molecular formula is C10H15F3N2O. The Morgan fingerprint density at radius 1 is 1.38 bits per heavy atom. The zero-order valence-corrected chi connectivity index (χ0v) is 8.89. The third-order valence-electron chi connectivity index (χ3n) is 2.82. The molecule has 0 unspecified atom stereocenters. The Hall–Kier alpha value is -1.07. The van der Waals surface area contributed by atoms with Gasteiger partial charge >= 0.3 is 6.18 Å². The molecule has 0 atom stereocenters. The van der Waals surface area contributed by atoms with Crippen molar-refractivity contribution in [2.24, 2.45) is 5.92 Å². The summed E-state index contributed by atoms with van der Waals surface area (Å²) < 4.78 is 35.7. The predicted molar refractivity (Wildman–Crippen MR) is 53.4 cm³/mol. The number of halogens is 3. The molecule has 1 heterocycles. The highest BCUT2D eigenvalue weighted by atomic mass is 19.4. The summed E-state index contributed by atoms with van der Waals surface area (Å²) in [5.74, 6) is -0.541. The number of piperidine rings is 1. The molecule has 1 rings (SSSR count). The number of hydrogen-bond donors (Lipinski definition) is 1. The maximum absolute atomic E-state index is 11.9. The Kier molecular flexibility index (Phi) is 4.32. The van der Waals surface area contributed by atoms with Crippen LogP contribution >= 0.6 is 0 Å². The minimum atomic E-state index is -4.24. The maximum atomic E-state index is 11.9. The molecule has 6 heteroatoms. The molecule has 16 heavy (non-hydrogen) atoms. The normalized spacial score (nSPS) is 18.6. The van der Waals surface area contributed by atoms with Crippen LogP contribution < -0.4 is 0 Å². The van der Waals surface area contributed by atoms with Gasteiger partial charge in [-0.3, -0.25) is 10.2 Å². The Labute approximate surface area is 92.1 Å². The van der Waals surface area contributed by atoms with Gasteiger partial charge in [0.25, 0.3) is 0 Å². The first kappa shape index (κ1) is 13.0. The smallest absolute Gasteiger partial charge is 0.363 e. The zero-order valence-electron chi connectivity index (χ0n) is 8.89.